The second kappa shape index (κ2) is 7.64. The molecule has 2 saturated heterocycles. The summed E-state index contributed by atoms with van der Waals surface area (Å²) >= 11 is 0. The van der Waals surface area contributed by atoms with Crippen LogP contribution in [0.2, 0.25) is 0 Å². The van der Waals surface area contributed by atoms with Crippen LogP contribution in [0.3, 0.4) is 0 Å². The molecule has 0 aromatic rings. The fourth-order valence-corrected chi connectivity index (χ4v) is 4.25. The summed E-state index contributed by atoms with van der Waals surface area (Å²) in [5.41, 5.74) is 6.78. The number of morpholine rings is 1. The Kier molecular flexibility index (Phi) is 5.58. The van der Waals surface area contributed by atoms with E-state index in [4.69, 9.17) is 10.5 Å². The van der Waals surface area contributed by atoms with Gasteiger partial charge in [0.15, 0.2) is 5.96 Å². The molecule has 5 nitrogen and oxygen atoms in total. The topological polar surface area (TPSA) is 54.1 Å². The summed E-state index contributed by atoms with van der Waals surface area (Å²) in [5.74, 6) is 0.698. The fraction of sp³-hybridized carbons (Fsp3) is 0.941. The molecule has 3 rings (SSSR count). The first-order valence-corrected chi connectivity index (χ1v) is 9.12. The Morgan fingerprint density at radius 2 is 1.64 bits per heavy atom. The number of nitrogens with zero attached hydrogens (tertiary/aromatic N) is 3. The van der Waals surface area contributed by atoms with Crippen LogP contribution < -0.4 is 5.73 Å². The number of nitrogens with two attached hydrogens (primary N) is 1. The number of hydrogen-bond donors (Lipinski definition) is 1. The first-order chi connectivity index (χ1) is 10.8. The van der Waals surface area contributed by atoms with E-state index < -0.39 is 0 Å². The third kappa shape index (κ3) is 4.13. The van der Waals surface area contributed by atoms with Gasteiger partial charge in [-0.25, -0.2) is 0 Å². The number of piperidine rings is 1. The van der Waals surface area contributed by atoms with E-state index in [-0.39, 0.29) is 0 Å². The van der Waals surface area contributed by atoms with Crippen LogP contribution in [0, 0.1) is 5.41 Å². The standard InChI is InChI=1S/C17H32N4O/c18-16(21-12-14-22-15-13-21)19-8-11-20-9-6-17(7-10-20)4-2-1-3-5-17/h1-15H2,(H2,18,19). The van der Waals surface area contributed by atoms with Crippen molar-refractivity contribution in [2.24, 2.45) is 16.1 Å². The van der Waals surface area contributed by atoms with Crippen LogP contribution in [0.1, 0.15) is 44.9 Å². The highest BCUT2D eigenvalue weighted by Gasteiger charge is 2.35. The van der Waals surface area contributed by atoms with Gasteiger partial charge in [0.05, 0.1) is 19.8 Å². The van der Waals surface area contributed by atoms with Crippen molar-refractivity contribution >= 4 is 5.96 Å². The molecule has 3 aliphatic rings. The van der Waals surface area contributed by atoms with Gasteiger partial charge in [0.2, 0.25) is 0 Å². The van der Waals surface area contributed by atoms with E-state index in [1.165, 1.54) is 58.0 Å². The number of hydrogen-bond acceptors (Lipinski definition) is 3. The van der Waals surface area contributed by atoms with Gasteiger partial charge in [-0.1, -0.05) is 19.3 Å². The third-order valence-corrected chi connectivity index (χ3v) is 5.86. The summed E-state index contributed by atoms with van der Waals surface area (Å²) in [5, 5.41) is 0. The third-order valence-electron chi connectivity index (χ3n) is 5.86. The molecule has 0 amide bonds. The van der Waals surface area contributed by atoms with Gasteiger partial charge in [0, 0.05) is 19.6 Å². The first-order valence-electron chi connectivity index (χ1n) is 9.12. The molecule has 0 atom stereocenters. The van der Waals surface area contributed by atoms with Crippen LogP contribution in [-0.2, 0) is 4.74 Å². The monoisotopic (exact) mass is 308 g/mol. The van der Waals surface area contributed by atoms with Crippen LogP contribution in [0.5, 0.6) is 0 Å². The van der Waals surface area contributed by atoms with Crippen molar-refractivity contribution in [3.63, 3.8) is 0 Å². The molecule has 0 aromatic heterocycles. The minimum absolute atomic E-state index is 0.698. The molecular formula is C17H32N4O. The fourth-order valence-electron chi connectivity index (χ4n) is 4.25. The molecule has 3 fully saturated rings. The number of ether oxygens (including phenoxy) is 1. The average Bonchev–Trinajstić information content (AvgIpc) is 2.58. The molecule has 1 saturated carbocycles. The zero-order chi connectivity index (χ0) is 15.3. The van der Waals surface area contributed by atoms with Crippen LogP contribution in [-0.4, -0.2) is 68.2 Å². The summed E-state index contributed by atoms with van der Waals surface area (Å²) in [6.45, 7) is 7.69. The molecule has 2 aliphatic heterocycles. The smallest absolute Gasteiger partial charge is 0.191 e. The van der Waals surface area contributed by atoms with Gasteiger partial charge in [-0.2, -0.15) is 0 Å². The summed E-state index contributed by atoms with van der Waals surface area (Å²) < 4.78 is 5.34. The predicted molar refractivity (Wildman–Crippen MR) is 90.1 cm³/mol. The van der Waals surface area contributed by atoms with Crippen molar-refractivity contribution in [1.29, 1.82) is 0 Å². The molecule has 1 spiro atoms. The van der Waals surface area contributed by atoms with Gasteiger partial charge in [0.1, 0.15) is 0 Å². The van der Waals surface area contributed by atoms with E-state index in [0.717, 1.165) is 39.4 Å². The summed E-state index contributed by atoms with van der Waals surface area (Å²) in [7, 11) is 0. The van der Waals surface area contributed by atoms with Gasteiger partial charge in [-0.05, 0) is 44.2 Å². The zero-order valence-corrected chi connectivity index (χ0v) is 13.9. The second-order valence-electron chi connectivity index (χ2n) is 7.24. The Hall–Kier alpha value is -0.810. The van der Waals surface area contributed by atoms with E-state index in [0.29, 0.717) is 11.4 Å². The average molecular weight is 308 g/mol. The molecule has 126 valence electrons. The molecule has 0 aromatic carbocycles. The van der Waals surface area contributed by atoms with Crippen molar-refractivity contribution in [2.75, 3.05) is 52.5 Å². The highest BCUT2D eigenvalue weighted by Crippen LogP contribution is 2.44. The molecule has 2 heterocycles. The Bertz CT molecular complexity index is 363. The van der Waals surface area contributed by atoms with Gasteiger partial charge >= 0.3 is 0 Å². The largest absolute Gasteiger partial charge is 0.378 e. The van der Waals surface area contributed by atoms with Crippen molar-refractivity contribution < 1.29 is 4.74 Å². The summed E-state index contributed by atoms with van der Waals surface area (Å²) in [6.07, 6.45) is 10.1. The van der Waals surface area contributed by atoms with Crippen LogP contribution in [0.25, 0.3) is 0 Å². The Morgan fingerprint density at radius 3 is 2.32 bits per heavy atom. The maximum Gasteiger partial charge on any atom is 0.191 e. The lowest BCUT2D eigenvalue weighted by atomic mass is 9.68. The highest BCUT2D eigenvalue weighted by molar-refractivity contribution is 5.78. The molecule has 0 unspecified atom stereocenters. The van der Waals surface area contributed by atoms with E-state index in [1.807, 2.05) is 0 Å². The molecule has 2 N–H and O–H groups in total. The van der Waals surface area contributed by atoms with E-state index in [9.17, 15) is 0 Å². The number of guanidine groups is 1. The number of likely N-dealkylation sites (tertiary alicyclic amines) is 1. The summed E-state index contributed by atoms with van der Waals surface area (Å²) in [4.78, 5) is 9.28. The molecule has 0 radical (unpaired) electrons. The first kappa shape index (κ1) is 16.1. The van der Waals surface area contributed by atoms with Crippen molar-refractivity contribution in [3.8, 4) is 0 Å². The van der Waals surface area contributed by atoms with Crippen molar-refractivity contribution in [3.05, 3.63) is 0 Å². The van der Waals surface area contributed by atoms with Gasteiger partial charge in [-0.3, -0.25) is 4.99 Å². The van der Waals surface area contributed by atoms with Gasteiger partial charge in [0.25, 0.3) is 0 Å². The SMILES string of the molecule is NC(=NCCN1CCC2(CCCCC2)CC1)N1CCOCC1. The minimum Gasteiger partial charge on any atom is -0.378 e. The van der Waals surface area contributed by atoms with Crippen molar-refractivity contribution in [1.82, 2.24) is 9.80 Å². The van der Waals surface area contributed by atoms with Crippen LogP contribution >= 0.6 is 0 Å². The van der Waals surface area contributed by atoms with Gasteiger partial charge < -0.3 is 20.3 Å². The zero-order valence-electron chi connectivity index (χ0n) is 13.9. The Morgan fingerprint density at radius 1 is 0.955 bits per heavy atom. The maximum atomic E-state index is 6.08. The molecule has 5 heteroatoms. The minimum atomic E-state index is 0.698. The van der Waals surface area contributed by atoms with E-state index >= 15 is 0 Å². The Labute approximate surface area is 134 Å². The molecular weight excluding hydrogens is 276 g/mol. The predicted octanol–water partition coefficient (Wildman–Crippen LogP) is 1.68. The van der Waals surface area contributed by atoms with Crippen molar-refractivity contribution in [2.45, 2.75) is 44.9 Å². The number of aliphatic imine (C=N–C) groups is 1. The lowest BCUT2D eigenvalue weighted by Crippen LogP contribution is -2.45. The quantitative estimate of drug-likeness (QED) is 0.637. The normalized spacial score (nSPS) is 27.3. The molecule has 1 aliphatic carbocycles. The van der Waals surface area contributed by atoms with Crippen LogP contribution in [0.15, 0.2) is 4.99 Å². The lowest BCUT2D eigenvalue weighted by molar-refractivity contribution is 0.0663. The maximum absolute atomic E-state index is 6.08. The second-order valence-corrected chi connectivity index (χ2v) is 7.24. The molecule has 0 bridgehead atoms. The van der Waals surface area contributed by atoms with Gasteiger partial charge in [-0.15, -0.1) is 0 Å². The van der Waals surface area contributed by atoms with E-state index in [1.54, 1.807) is 0 Å². The lowest BCUT2D eigenvalue weighted by Gasteiger charge is -2.44. The molecule has 22 heavy (non-hydrogen) atoms. The highest BCUT2D eigenvalue weighted by atomic mass is 16.5. The van der Waals surface area contributed by atoms with Crippen LogP contribution in [0.4, 0.5) is 0 Å². The van der Waals surface area contributed by atoms with E-state index in [2.05, 4.69) is 14.8 Å². The summed E-state index contributed by atoms with van der Waals surface area (Å²) in [6, 6.07) is 0. The Balaban J connectivity index is 1.37. The number of rotatable bonds is 3.